The van der Waals surface area contributed by atoms with E-state index >= 15 is 0 Å². The molecule has 1 aromatic carbocycles. The normalized spacial score (nSPS) is 29.8. The maximum absolute atomic E-state index is 14.0. The topological polar surface area (TPSA) is 15.3 Å². The van der Waals surface area contributed by atoms with Gasteiger partial charge in [0.05, 0.1) is 5.69 Å². The second-order valence-corrected chi connectivity index (χ2v) is 5.87. The van der Waals surface area contributed by atoms with Crippen LogP contribution in [0.1, 0.15) is 39.0 Å². The zero-order valence-corrected chi connectivity index (χ0v) is 11.6. The molecule has 2 fully saturated rings. The lowest BCUT2D eigenvalue weighted by Crippen LogP contribution is -2.49. The highest BCUT2D eigenvalue weighted by molar-refractivity contribution is 5.51. The molecular formula is C16H23FN2. The second-order valence-electron chi connectivity index (χ2n) is 5.87. The van der Waals surface area contributed by atoms with E-state index in [9.17, 15) is 4.39 Å². The molecule has 19 heavy (non-hydrogen) atoms. The number of hydrogen-bond donors (Lipinski definition) is 1. The summed E-state index contributed by atoms with van der Waals surface area (Å²) in [5.41, 5.74) is 0.809. The summed E-state index contributed by atoms with van der Waals surface area (Å²) in [5.74, 6) is -0.0700. The Bertz CT molecular complexity index is 421. The second kappa shape index (κ2) is 5.49. The lowest BCUT2D eigenvalue weighted by atomic mass is 9.96. The predicted octanol–water partition coefficient (Wildman–Crippen LogP) is 3.33. The Morgan fingerprint density at radius 1 is 1.21 bits per heavy atom. The number of nitrogens with zero attached hydrogens (tertiary/aromatic N) is 1. The maximum atomic E-state index is 14.0. The average molecular weight is 262 g/mol. The van der Waals surface area contributed by atoms with E-state index < -0.39 is 0 Å². The molecule has 2 nitrogen and oxygen atoms in total. The predicted molar refractivity (Wildman–Crippen MR) is 77.0 cm³/mol. The number of nitrogens with one attached hydrogen (secondary N) is 1. The summed E-state index contributed by atoms with van der Waals surface area (Å²) < 4.78 is 14.0. The van der Waals surface area contributed by atoms with Crippen LogP contribution in [-0.4, -0.2) is 24.7 Å². The fourth-order valence-electron chi connectivity index (χ4n) is 3.75. The van der Waals surface area contributed by atoms with Gasteiger partial charge >= 0.3 is 0 Å². The van der Waals surface area contributed by atoms with E-state index in [0.717, 1.165) is 25.1 Å². The molecule has 2 aliphatic rings. The largest absolute Gasteiger partial charge is 0.363 e. The molecule has 104 valence electrons. The van der Waals surface area contributed by atoms with Crippen molar-refractivity contribution in [3.05, 3.63) is 30.1 Å². The third kappa shape index (κ3) is 2.48. The molecule has 0 radical (unpaired) electrons. The maximum Gasteiger partial charge on any atom is 0.146 e. The van der Waals surface area contributed by atoms with Gasteiger partial charge in [0.25, 0.3) is 0 Å². The molecule has 2 aliphatic heterocycles. The monoisotopic (exact) mass is 262 g/mol. The molecule has 2 unspecified atom stereocenters. The number of piperidine rings is 1. The summed E-state index contributed by atoms with van der Waals surface area (Å²) in [6.45, 7) is 3.31. The van der Waals surface area contributed by atoms with E-state index in [1.807, 2.05) is 12.1 Å². The highest BCUT2D eigenvalue weighted by Crippen LogP contribution is 2.40. The van der Waals surface area contributed by atoms with Crippen LogP contribution in [-0.2, 0) is 0 Å². The third-order valence-electron chi connectivity index (χ3n) is 4.55. The fraction of sp³-hybridized carbons (Fsp3) is 0.625. The van der Waals surface area contributed by atoms with Crippen molar-refractivity contribution in [2.24, 2.45) is 0 Å². The van der Waals surface area contributed by atoms with Crippen molar-refractivity contribution in [3.8, 4) is 0 Å². The first-order valence-electron chi connectivity index (χ1n) is 7.56. The van der Waals surface area contributed by atoms with Crippen molar-refractivity contribution in [1.29, 1.82) is 0 Å². The van der Waals surface area contributed by atoms with Crippen LogP contribution in [0, 0.1) is 5.82 Å². The van der Waals surface area contributed by atoms with Gasteiger partial charge in [0.15, 0.2) is 0 Å². The summed E-state index contributed by atoms with van der Waals surface area (Å²) in [6.07, 6.45) is 5.92. The minimum Gasteiger partial charge on any atom is -0.363 e. The van der Waals surface area contributed by atoms with Crippen LogP contribution in [0.15, 0.2) is 24.3 Å². The molecular weight excluding hydrogens is 239 g/mol. The van der Waals surface area contributed by atoms with Crippen LogP contribution in [0.4, 0.5) is 10.1 Å². The Morgan fingerprint density at radius 3 is 2.53 bits per heavy atom. The minimum atomic E-state index is -0.0700. The molecule has 2 heterocycles. The Kier molecular flexibility index (Phi) is 3.74. The molecule has 0 aromatic heterocycles. The molecule has 2 saturated heterocycles. The first-order valence-corrected chi connectivity index (χ1v) is 7.56. The van der Waals surface area contributed by atoms with Gasteiger partial charge < -0.3 is 10.2 Å². The number of hydrogen-bond acceptors (Lipinski definition) is 2. The van der Waals surface area contributed by atoms with Crippen molar-refractivity contribution in [1.82, 2.24) is 5.32 Å². The van der Waals surface area contributed by atoms with Crippen molar-refractivity contribution in [2.75, 3.05) is 11.4 Å². The Balaban J connectivity index is 1.75. The molecule has 0 amide bonds. The van der Waals surface area contributed by atoms with Crippen molar-refractivity contribution >= 4 is 5.69 Å². The van der Waals surface area contributed by atoms with Gasteiger partial charge in [0.1, 0.15) is 5.82 Å². The fourth-order valence-corrected chi connectivity index (χ4v) is 3.75. The van der Waals surface area contributed by atoms with E-state index in [2.05, 4.69) is 17.1 Å². The van der Waals surface area contributed by atoms with Crippen LogP contribution in [0.25, 0.3) is 0 Å². The van der Waals surface area contributed by atoms with E-state index in [1.54, 1.807) is 12.1 Å². The van der Waals surface area contributed by atoms with Crippen LogP contribution >= 0.6 is 0 Å². The molecule has 2 bridgehead atoms. The van der Waals surface area contributed by atoms with E-state index in [4.69, 9.17) is 0 Å². The number of anilines is 1. The summed E-state index contributed by atoms with van der Waals surface area (Å²) in [6, 6.07) is 8.89. The van der Waals surface area contributed by atoms with Gasteiger partial charge in [-0.3, -0.25) is 0 Å². The molecule has 0 aliphatic carbocycles. The number of para-hydroxylation sites is 1. The van der Waals surface area contributed by atoms with Gasteiger partial charge in [0.2, 0.25) is 0 Å². The summed E-state index contributed by atoms with van der Waals surface area (Å²) in [4.78, 5) is 2.35. The van der Waals surface area contributed by atoms with Gasteiger partial charge in [-0.05, 0) is 50.8 Å². The molecule has 2 atom stereocenters. The highest BCUT2D eigenvalue weighted by Gasteiger charge is 2.41. The molecule has 0 saturated carbocycles. The van der Waals surface area contributed by atoms with Crippen LogP contribution in [0.5, 0.6) is 0 Å². The summed E-state index contributed by atoms with van der Waals surface area (Å²) in [7, 11) is 0. The molecule has 3 heteroatoms. The van der Waals surface area contributed by atoms with Crippen LogP contribution in [0.2, 0.25) is 0 Å². The van der Waals surface area contributed by atoms with Gasteiger partial charge in [-0.2, -0.15) is 0 Å². The van der Waals surface area contributed by atoms with E-state index in [-0.39, 0.29) is 5.82 Å². The number of rotatable bonds is 4. The van der Waals surface area contributed by atoms with Gasteiger partial charge in [-0.1, -0.05) is 19.1 Å². The van der Waals surface area contributed by atoms with Crippen molar-refractivity contribution < 1.29 is 4.39 Å². The van der Waals surface area contributed by atoms with Crippen LogP contribution in [0.3, 0.4) is 0 Å². The standard InChI is InChI=1S/C16H23FN2/c1-2-9-18-12-10-13-7-8-14(11-12)19(13)16-6-4-3-5-15(16)17/h3-6,12-14,18H,2,7-11H2,1H3. The first-order chi connectivity index (χ1) is 9.29. The number of halogens is 1. The van der Waals surface area contributed by atoms with Crippen molar-refractivity contribution in [2.45, 2.75) is 57.2 Å². The molecule has 0 spiro atoms. The quantitative estimate of drug-likeness (QED) is 0.895. The van der Waals surface area contributed by atoms with Crippen molar-refractivity contribution in [3.63, 3.8) is 0 Å². The highest BCUT2D eigenvalue weighted by atomic mass is 19.1. The van der Waals surface area contributed by atoms with E-state index in [1.165, 1.54) is 19.3 Å². The third-order valence-corrected chi connectivity index (χ3v) is 4.55. The Morgan fingerprint density at radius 2 is 1.89 bits per heavy atom. The zero-order valence-electron chi connectivity index (χ0n) is 11.6. The lowest BCUT2D eigenvalue weighted by molar-refractivity contribution is 0.354. The summed E-state index contributed by atoms with van der Waals surface area (Å²) >= 11 is 0. The molecule has 3 rings (SSSR count). The van der Waals surface area contributed by atoms with Gasteiger partial charge in [0, 0.05) is 18.1 Å². The number of fused-ring (bicyclic) bond motifs is 2. The van der Waals surface area contributed by atoms with Gasteiger partial charge in [-0.15, -0.1) is 0 Å². The lowest BCUT2D eigenvalue weighted by Gasteiger charge is -2.41. The average Bonchev–Trinajstić information content (AvgIpc) is 2.68. The Labute approximate surface area is 115 Å². The smallest absolute Gasteiger partial charge is 0.146 e. The summed E-state index contributed by atoms with van der Waals surface area (Å²) in [5, 5.41) is 3.64. The van der Waals surface area contributed by atoms with Crippen LogP contribution < -0.4 is 10.2 Å². The Hall–Kier alpha value is -1.09. The van der Waals surface area contributed by atoms with E-state index in [0.29, 0.717) is 18.1 Å². The van der Waals surface area contributed by atoms with Gasteiger partial charge in [-0.25, -0.2) is 4.39 Å². The molecule has 1 aromatic rings. The zero-order chi connectivity index (χ0) is 13.2. The first kappa shape index (κ1) is 12.9. The molecule has 1 N–H and O–H groups in total. The SMILES string of the molecule is CCCNC1CC2CCC(C1)N2c1ccccc1F. The minimum absolute atomic E-state index is 0.0700. The number of benzene rings is 1.